The Kier molecular flexibility index (Phi) is 11.7. The molecular formula is C40H53N3O6. The van der Waals surface area contributed by atoms with E-state index < -0.39 is 35.1 Å². The van der Waals surface area contributed by atoms with Gasteiger partial charge in [-0.3, -0.25) is 14.4 Å². The van der Waals surface area contributed by atoms with Gasteiger partial charge in [-0.2, -0.15) is 0 Å². The molecule has 2 unspecified atom stereocenters. The quantitative estimate of drug-likeness (QED) is 0.165. The van der Waals surface area contributed by atoms with Crippen molar-refractivity contribution >= 4 is 23.4 Å². The number of anilines is 1. The second-order valence-corrected chi connectivity index (χ2v) is 13.5. The van der Waals surface area contributed by atoms with Crippen LogP contribution in [0.1, 0.15) is 64.9 Å². The molecule has 3 aliphatic heterocycles. The van der Waals surface area contributed by atoms with Crippen molar-refractivity contribution in [2.24, 2.45) is 11.8 Å². The van der Waals surface area contributed by atoms with Gasteiger partial charge in [0.1, 0.15) is 17.4 Å². The van der Waals surface area contributed by atoms with Crippen molar-refractivity contribution in [3.63, 3.8) is 0 Å². The molecule has 5 rings (SSSR count). The van der Waals surface area contributed by atoms with Crippen LogP contribution in [0.4, 0.5) is 5.69 Å². The fourth-order valence-electron chi connectivity index (χ4n) is 8.52. The standard InChI is InChI=1S/C40H53N3O6/c1-6-11-15-26-41(24-7-2)38(47)35-40-23-22-39(9-4,49-40)33(36(45)42(25-8-3)30-18-20-32(21-19-30)48-10-5)34(40)37(46)43(35)31(28-44)27-29-16-13-12-14-17-29/h7-8,12-14,16-21,31,33-35,44H,2-3,6,9-11,15,22-28H2,1,4-5H3/t31-,33-,34+,35?,39+,40?/m1/s1. The van der Waals surface area contributed by atoms with Gasteiger partial charge in [0.2, 0.25) is 17.7 Å². The Hall–Kier alpha value is -3.95. The molecule has 1 N–H and O–H groups in total. The van der Waals surface area contributed by atoms with Crippen LogP contribution >= 0.6 is 0 Å². The van der Waals surface area contributed by atoms with Gasteiger partial charge in [-0.15, -0.1) is 13.2 Å². The maximum Gasteiger partial charge on any atom is 0.248 e. The van der Waals surface area contributed by atoms with Crippen molar-refractivity contribution in [3.8, 4) is 5.75 Å². The number of fused-ring (bicyclic) bond motifs is 1. The normalized spacial score (nSPS) is 25.9. The van der Waals surface area contributed by atoms with E-state index in [-0.39, 0.29) is 30.9 Å². The maximum absolute atomic E-state index is 15.1. The van der Waals surface area contributed by atoms with Crippen LogP contribution in [0.25, 0.3) is 0 Å². The average Bonchev–Trinajstić information content (AvgIpc) is 3.73. The predicted molar refractivity (Wildman–Crippen MR) is 191 cm³/mol. The number of nitrogens with zero attached hydrogens (tertiary/aromatic N) is 3. The summed E-state index contributed by atoms with van der Waals surface area (Å²) in [6, 6.07) is 15.3. The number of aliphatic hydroxyl groups is 1. The van der Waals surface area contributed by atoms with E-state index in [1.54, 1.807) is 26.9 Å². The molecule has 2 aromatic rings. The Bertz CT molecular complexity index is 1480. The zero-order valence-electron chi connectivity index (χ0n) is 29.4. The first kappa shape index (κ1) is 36.3. The lowest BCUT2D eigenvalue weighted by Crippen LogP contribution is -2.59. The third kappa shape index (κ3) is 6.67. The van der Waals surface area contributed by atoms with Gasteiger partial charge in [-0.1, -0.05) is 69.2 Å². The Labute approximate surface area is 291 Å². The van der Waals surface area contributed by atoms with Crippen LogP contribution in [0.3, 0.4) is 0 Å². The van der Waals surface area contributed by atoms with Crippen molar-refractivity contribution in [1.29, 1.82) is 0 Å². The second kappa shape index (κ2) is 15.7. The molecule has 3 heterocycles. The van der Waals surface area contributed by atoms with E-state index >= 15 is 4.79 Å². The Balaban J connectivity index is 1.60. The van der Waals surface area contributed by atoms with Crippen LogP contribution in [0, 0.1) is 11.8 Å². The summed E-state index contributed by atoms with van der Waals surface area (Å²) >= 11 is 0. The maximum atomic E-state index is 15.1. The van der Waals surface area contributed by atoms with Crippen molar-refractivity contribution in [2.45, 2.75) is 89.0 Å². The van der Waals surface area contributed by atoms with E-state index in [9.17, 15) is 14.7 Å². The van der Waals surface area contributed by atoms with Gasteiger partial charge in [0.15, 0.2) is 0 Å². The fraction of sp³-hybridized carbons (Fsp3) is 0.525. The van der Waals surface area contributed by atoms with E-state index in [4.69, 9.17) is 9.47 Å². The number of hydrogen-bond donors (Lipinski definition) is 1. The minimum absolute atomic E-state index is 0.215. The molecule has 3 amide bonds. The molecular weight excluding hydrogens is 618 g/mol. The number of likely N-dealkylation sites (tertiary alicyclic amines) is 1. The van der Waals surface area contributed by atoms with Crippen LogP contribution in [0.2, 0.25) is 0 Å². The number of hydrogen-bond acceptors (Lipinski definition) is 6. The molecule has 9 heteroatoms. The second-order valence-electron chi connectivity index (χ2n) is 13.5. The Morgan fingerprint density at radius 2 is 1.73 bits per heavy atom. The van der Waals surface area contributed by atoms with Crippen molar-refractivity contribution in [2.75, 3.05) is 37.7 Å². The highest BCUT2D eigenvalue weighted by Crippen LogP contribution is 2.65. The number of carbonyl (C=O) groups excluding carboxylic acids is 3. The third-order valence-electron chi connectivity index (χ3n) is 10.8. The van der Waals surface area contributed by atoms with Crippen molar-refractivity contribution < 1.29 is 29.0 Å². The summed E-state index contributed by atoms with van der Waals surface area (Å²) in [4.78, 5) is 49.9. The van der Waals surface area contributed by atoms with E-state index in [2.05, 4.69) is 20.1 Å². The summed E-state index contributed by atoms with van der Waals surface area (Å²) in [5.41, 5.74) is -0.516. The zero-order chi connectivity index (χ0) is 35.2. The zero-order valence-corrected chi connectivity index (χ0v) is 29.4. The first-order valence-electron chi connectivity index (χ1n) is 18.0. The molecule has 3 fully saturated rings. The van der Waals surface area contributed by atoms with Crippen LogP contribution in [-0.4, -0.2) is 88.8 Å². The number of benzene rings is 2. The molecule has 2 aromatic carbocycles. The highest BCUT2D eigenvalue weighted by molar-refractivity contribution is 6.03. The molecule has 3 aliphatic rings. The predicted octanol–water partition coefficient (Wildman–Crippen LogP) is 5.57. The summed E-state index contributed by atoms with van der Waals surface area (Å²) in [5, 5.41) is 10.9. The van der Waals surface area contributed by atoms with E-state index in [0.29, 0.717) is 56.8 Å². The van der Waals surface area contributed by atoms with Crippen LogP contribution in [0.15, 0.2) is 79.9 Å². The summed E-state index contributed by atoms with van der Waals surface area (Å²) in [7, 11) is 0. The van der Waals surface area contributed by atoms with Gasteiger partial charge < -0.3 is 29.3 Å². The Morgan fingerprint density at radius 3 is 2.35 bits per heavy atom. The molecule has 49 heavy (non-hydrogen) atoms. The number of aliphatic hydroxyl groups excluding tert-OH is 1. The summed E-state index contributed by atoms with van der Waals surface area (Å²) in [5.74, 6) is -1.76. The van der Waals surface area contributed by atoms with Gasteiger partial charge in [-0.05, 0) is 68.9 Å². The molecule has 0 aromatic heterocycles. The monoisotopic (exact) mass is 671 g/mol. The van der Waals surface area contributed by atoms with Crippen LogP contribution in [-0.2, 0) is 25.5 Å². The smallest absolute Gasteiger partial charge is 0.248 e. The molecule has 0 radical (unpaired) electrons. The Morgan fingerprint density at radius 1 is 1.02 bits per heavy atom. The number of unbranched alkanes of at least 4 members (excludes halogenated alkanes) is 2. The lowest BCUT2D eigenvalue weighted by atomic mass is 9.64. The molecule has 0 saturated carbocycles. The highest BCUT2D eigenvalue weighted by atomic mass is 16.5. The molecule has 264 valence electrons. The first-order chi connectivity index (χ1) is 23.7. The molecule has 6 atom stereocenters. The largest absolute Gasteiger partial charge is 0.494 e. The fourth-order valence-corrected chi connectivity index (χ4v) is 8.52. The summed E-state index contributed by atoms with van der Waals surface area (Å²) in [6.45, 7) is 15.1. The van der Waals surface area contributed by atoms with E-state index in [1.165, 1.54) is 0 Å². The minimum atomic E-state index is -1.21. The van der Waals surface area contributed by atoms with Gasteiger partial charge in [0.25, 0.3) is 0 Å². The lowest BCUT2D eigenvalue weighted by molar-refractivity contribution is -0.155. The molecule has 2 bridgehead atoms. The van der Waals surface area contributed by atoms with Gasteiger partial charge in [-0.25, -0.2) is 0 Å². The van der Waals surface area contributed by atoms with Crippen molar-refractivity contribution in [3.05, 3.63) is 85.5 Å². The molecule has 0 aliphatic carbocycles. The summed E-state index contributed by atoms with van der Waals surface area (Å²) < 4.78 is 12.7. The van der Waals surface area contributed by atoms with Crippen molar-refractivity contribution in [1.82, 2.24) is 9.80 Å². The lowest BCUT2D eigenvalue weighted by Gasteiger charge is -2.39. The van der Waals surface area contributed by atoms with Gasteiger partial charge in [0, 0.05) is 25.3 Å². The van der Waals surface area contributed by atoms with E-state index in [0.717, 1.165) is 24.8 Å². The third-order valence-corrected chi connectivity index (χ3v) is 10.8. The molecule has 9 nitrogen and oxygen atoms in total. The van der Waals surface area contributed by atoms with Crippen LogP contribution in [0.5, 0.6) is 5.75 Å². The summed E-state index contributed by atoms with van der Waals surface area (Å²) in [6.07, 6.45) is 8.07. The molecule has 1 spiro atoms. The number of ether oxygens (including phenoxy) is 2. The molecule has 3 saturated heterocycles. The number of carbonyl (C=O) groups is 3. The van der Waals surface area contributed by atoms with Gasteiger partial charge in [0.05, 0.1) is 36.7 Å². The van der Waals surface area contributed by atoms with E-state index in [1.807, 2.05) is 68.4 Å². The van der Waals surface area contributed by atoms with Gasteiger partial charge >= 0.3 is 0 Å². The highest BCUT2D eigenvalue weighted by Gasteiger charge is 2.79. The van der Waals surface area contributed by atoms with Crippen LogP contribution < -0.4 is 9.64 Å². The topological polar surface area (TPSA) is 99.6 Å². The number of amides is 3. The first-order valence-corrected chi connectivity index (χ1v) is 18.0. The number of rotatable bonds is 18. The minimum Gasteiger partial charge on any atom is -0.494 e. The SMILES string of the molecule is C=CCN(CCCCC)C(=O)C1N([C@@H](CO)Cc2ccccc2)C(=O)[C@@H]2[C@H](C(=O)N(CC=C)c3ccc(OCC)cc3)[C@]3(CC)CCC12O3. The average molecular weight is 672 g/mol.